The summed E-state index contributed by atoms with van der Waals surface area (Å²) in [5.41, 5.74) is -0.916. The number of anilines is 1. The summed E-state index contributed by atoms with van der Waals surface area (Å²) in [5.74, 6) is -0.193. The first-order valence-electron chi connectivity index (χ1n) is 5.96. The fourth-order valence-electron chi connectivity index (χ4n) is 1.46. The van der Waals surface area contributed by atoms with E-state index in [1.165, 1.54) is 11.3 Å². The maximum absolute atomic E-state index is 12.2. The molecule has 1 amide bonds. The minimum absolute atomic E-state index is 0.193. The van der Waals surface area contributed by atoms with Gasteiger partial charge in [0.1, 0.15) is 0 Å². The molecule has 0 spiro atoms. The standard InChI is InChI=1S/C11H20N4O2S/c1-5-12-10-14-13-8(18-10)9(16)15(6-2)7-11(3,4)17/h17H,5-7H2,1-4H3,(H,12,14). The van der Waals surface area contributed by atoms with Crippen LogP contribution >= 0.6 is 11.3 Å². The lowest BCUT2D eigenvalue weighted by Gasteiger charge is -2.27. The number of hydrogen-bond donors (Lipinski definition) is 2. The molecule has 0 atom stereocenters. The monoisotopic (exact) mass is 272 g/mol. The van der Waals surface area contributed by atoms with E-state index >= 15 is 0 Å². The smallest absolute Gasteiger partial charge is 0.284 e. The van der Waals surface area contributed by atoms with E-state index in [9.17, 15) is 9.90 Å². The summed E-state index contributed by atoms with van der Waals surface area (Å²) in [6.07, 6.45) is 0. The second kappa shape index (κ2) is 6.10. The molecule has 0 aliphatic rings. The summed E-state index contributed by atoms with van der Waals surface area (Å²) in [5, 5.41) is 21.5. The molecule has 1 rings (SSSR count). The minimum Gasteiger partial charge on any atom is -0.389 e. The van der Waals surface area contributed by atoms with Crippen LogP contribution in [-0.2, 0) is 0 Å². The van der Waals surface area contributed by atoms with Gasteiger partial charge in [-0.25, -0.2) is 0 Å². The predicted octanol–water partition coefficient (Wildman–Crippen LogP) is 1.20. The third-order valence-electron chi connectivity index (χ3n) is 2.18. The number of aromatic nitrogens is 2. The largest absolute Gasteiger partial charge is 0.389 e. The predicted molar refractivity (Wildman–Crippen MR) is 71.9 cm³/mol. The van der Waals surface area contributed by atoms with Crippen molar-refractivity contribution in [3.8, 4) is 0 Å². The highest BCUT2D eigenvalue weighted by Gasteiger charge is 2.24. The minimum atomic E-state index is -0.916. The molecule has 2 N–H and O–H groups in total. The van der Waals surface area contributed by atoms with Crippen LogP contribution in [0.2, 0.25) is 0 Å². The molecule has 0 aromatic carbocycles. The van der Waals surface area contributed by atoms with Crippen LogP contribution in [0.4, 0.5) is 5.13 Å². The molecule has 0 aliphatic carbocycles. The average Bonchev–Trinajstić information content (AvgIpc) is 2.73. The zero-order valence-corrected chi connectivity index (χ0v) is 12.0. The Balaban J connectivity index is 2.76. The molecule has 1 aromatic heterocycles. The zero-order chi connectivity index (χ0) is 13.8. The SMILES string of the molecule is CCNc1nnc(C(=O)N(CC)CC(C)(C)O)s1. The summed E-state index contributed by atoms with van der Waals surface area (Å²) in [7, 11) is 0. The highest BCUT2D eigenvalue weighted by atomic mass is 32.1. The molecular weight excluding hydrogens is 252 g/mol. The van der Waals surface area contributed by atoms with Crippen molar-refractivity contribution in [1.82, 2.24) is 15.1 Å². The van der Waals surface area contributed by atoms with Crippen molar-refractivity contribution in [2.45, 2.75) is 33.3 Å². The summed E-state index contributed by atoms with van der Waals surface area (Å²) in [6.45, 7) is 8.72. The Kier molecular flexibility index (Phi) is 5.03. The lowest BCUT2D eigenvalue weighted by Crippen LogP contribution is -2.42. The summed E-state index contributed by atoms with van der Waals surface area (Å²) >= 11 is 1.23. The second-order valence-electron chi connectivity index (χ2n) is 4.57. The maximum Gasteiger partial charge on any atom is 0.284 e. The molecule has 102 valence electrons. The Labute approximate surface area is 111 Å². The van der Waals surface area contributed by atoms with Crippen LogP contribution in [0.25, 0.3) is 0 Å². The van der Waals surface area contributed by atoms with Crippen molar-refractivity contribution < 1.29 is 9.90 Å². The van der Waals surface area contributed by atoms with E-state index in [1.807, 2.05) is 13.8 Å². The highest BCUT2D eigenvalue weighted by Crippen LogP contribution is 2.17. The van der Waals surface area contributed by atoms with Crippen molar-refractivity contribution in [3.63, 3.8) is 0 Å². The van der Waals surface area contributed by atoms with Crippen LogP contribution in [0.15, 0.2) is 0 Å². The highest BCUT2D eigenvalue weighted by molar-refractivity contribution is 7.17. The number of hydrogen-bond acceptors (Lipinski definition) is 6. The number of rotatable bonds is 6. The normalized spacial score (nSPS) is 11.4. The van der Waals surface area contributed by atoms with Gasteiger partial charge in [-0.15, -0.1) is 10.2 Å². The molecule has 0 fully saturated rings. The number of amides is 1. The van der Waals surface area contributed by atoms with Crippen molar-refractivity contribution in [3.05, 3.63) is 5.01 Å². The molecule has 0 saturated heterocycles. The van der Waals surface area contributed by atoms with E-state index in [0.717, 1.165) is 6.54 Å². The number of nitrogens with zero attached hydrogens (tertiary/aromatic N) is 3. The first-order valence-corrected chi connectivity index (χ1v) is 6.78. The molecule has 18 heavy (non-hydrogen) atoms. The summed E-state index contributed by atoms with van der Waals surface area (Å²) in [6, 6.07) is 0. The van der Waals surface area contributed by atoms with Gasteiger partial charge in [0, 0.05) is 19.6 Å². The zero-order valence-electron chi connectivity index (χ0n) is 11.2. The van der Waals surface area contributed by atoms with E-state index < -0.39 is 5.60 Å². The number of carbonyl (C=O) groups is 1. The summed E-state index contributed by atoms with van der Waals surface area (Å²) < 4.78 is 0. The van der Waals surface area contributed by atoms with Crippen LogP contribution in [0, 0.1) is 0 Å². The molecule has 0 unspecified atom stereocenters. The van der Waals surface area contributed by atoms with Crippen LogP contribution in [-0.4, -0.2) is 51.3 Å². The van der Waals surface area contributed by atoms with Gasteiger partial charge in [-0.2, -0.15) is 0 Å². The summed E-state index contributed by atoms with van der Waals surface area (Å²) in [4.78, 5) is 13.7. The number of nitrogens with one attached hydrogen (secondary N) is 1. The van der Waals surface area contributed by atoms with Crippen LogP contribution < -0.4 is 5.32 Å². The van der Waals surface area contributed by atoms with Crippen LogP contribution in [0.1, 0.15) is 37.5 Å². The topological polar surface area (TPSA) is 78.4 Å². The lowest BCUT2D eigenvalue weighted by atomic mass is 10.1. The average molecular weight is 272 g/mol. The van der Waals surface area contributed by atoms with Crippen molar-refractivity contribution >= 4 is 22.4 Å². The third kappa shape index (κ3) is 4.23. The van der Waals surface area contributed by atoms with Gasteiger partial charge in [-0.05, 0) is 27.7 Å². The Bertz CT molecular complexity index is 400. The van der Waals surface area contributed by atoms with Gasteiger partial charge in [0.05, 0.1) is 5.60 Å². The fourth-order valence-corrected chi connectivity index (χ4v) is 2.24. The Morgan fingerprint density at radius 2 is 2.11 bits per heavy atom. The third-order valence-corrected chi connectivity index (χ3v) is 3.05. The molecule has 0 bridgehead atoms. The molecule has 0 saturated carbocycles. The molecule has 1 aromatic rings. The molecule has 0 aliphatic heterocycles. The van der Waals surface area contributed by atoms with E-state index in [4.69, 9.17) is 0 Å². The van der Waals surface area contributed by atoms with Crippen molar-refractivity contribution in [2.24, 2.45) is 0 Å². The lowest BCUT2D eigenvalue weighted by molar-refractivity contribution is 0.0314. The quantitative estimate of drug-likeness (QED) is 0.813. The molecule has 7 heteroatoms. The van der Waals surface area contributed by atoms with Gasteiger partial charge in [0.25, 0.3) is 5.91 Å². The van der Waals surface area contributed by atoms with Gasteiger partial charge in [-0.1, -0.05) is 11.3 Å². The van der Waals surface area contributed by atoms with Crippen LogP contribution in [0.5, 0.6) is 0 Å². The van der Waals surface area contributed by atoms with Crippen molar-refractivity contribution in [1.29, 1.82) is 0 Å². The van der Waals surface area contributed by atoms with Gasteiger partial charge in [-0.3, -0.25) is 4.79 Å². The van der Waals surface area contributed by atoms with Gasteiger partial charge >= 0.3 is 0 Å². The maximum atomic E-state index is 12.2. The number of likely N-dealkylation sites (N-methyl/N-ethyl adjacent to an activating group) is 1. The van der Waals surface area contributed by atoms with Crippen LogP contribution in [0.3, 0.4) is 0 Å². The van der Waals surface area contributed by atoms with E-state index in [1.54, 1.807) is 18.7 Å². The molecule has 6 nitrogen and oxygen atoms in total. The Morgan fingerprint density at radius 1 is 1.44 bits per heavy atom. The first-order chi connectivity index (χ1) is 8.37. The Morgan fingerprint density at radius 3 is 2.61 bits per heavy atom. The van der Waals surface area contributed by atoms with E-state index in [0.29, 0.717) is 16.7 Å². The molecular formula is C11H20N4O2S. The van der Waals surface area contributed by atoms with Gasteiger partial charge in [0.2, 0.25) is 10.1 Å². The Hall–Kier alpha value is -1.21. The fraction of sp³-hybridized carbons (Fsp3) is 0.727. The molecule has 0 radical (unpaired) electrons. The van der Waals surface area contributed by atoms with Gasteiger partial charge in [0.15, 0.2) is 0 Å². The number of carbonyl (C=O) groups excluding carboxylic acids is 1. The second-order valence-corrected chi connectivity index (χ2v) is 5.55. The van der Waals surface area contributed by atoms with Crippen molar-refractivity contribution in [2.75, 3.05) is 25.0 Å². The van der Waals surface area contributed by atoms with E-state index in [2.05, 4.69) is 15.5 Å². The first kappa shape index (κ1) is 14.8. The van der Waals surface area contributed by atoms with Gasteiger partial charge < -0.3 is 15.3 Å². The molecule has 1 heterocycles. The van der Waals surface area contributed by atoms with E-state index in [-0.39, 0.29) is 12.5 Å². The number of aliphatic hydroxyl groups is 1.